The minimum Gasteiger partial charge on any atom is -0.373 e. The molecule has 96 valence electrons. The molecular weight excluding hydrogens is 216 g/mol. The minimum atomic E-state index is -0.164. The molecule has 1 rings (SSSR count). The zero-order valence-electron chi connectivity index (χ0n) is 11.5. The SMILES string of the molecule is COC(c1nc(C)c(C(C)C)c(=O)[nH]1)C(C)C. The van der Waals surface area contributed by atoms with Crippen LogP contribution in [0.15, 0.2) is 4.79 Å². The number of aromatic nitrogens is 2. The molecule has 1 N–H and O–H groups in total. The van der Waals surface area contributed by atoms with E-state index >= 15 is 0 Å². The molecule has 1 aromatic rings. The number of rotatable bonds is 4. The summed E-state index contributed by atoms with van der Waals surface area (Å²) in [7, 11) is 1.64. The standard InChI is InChI=1S/C13H22N2O2/c1-7(2)10-9(5)14-12(15-13(10)16)11(17-6)8(3)4/h7-8,11H,1-6H3,(H,14,15,16). The van der Waals surface area contributed by atoms with Gasteiger partial charge in [0.2, 0.25) is 0 Å². The van der Waals surface area contributed by atoms with Gasteiger partial charge in [0.05, 0.1) is 0 Å². The van der Waals surface area contributed by atoms with Crippen LogP contribution in [0.25, 0.3) is 0 Å². The number of aryl methyl sites for hydroxylation is 1. The van der Waals surface area contributed by atoms with Crippen molar-refractivity contribution < 1.29 is 4.74 Å². The van der Waals surface area contributed by atoms with Gasteiger partial charge in [0.1, 0.15) is 11.9 Å². The molecule has 0 radical (unpaired) electrons. The second-order valence-corrected chi connectivity index (χ2v) is 5.01. The first kappa shape index (κ1) is 13.9. The Bertz CT molecular complexity index is 436. The highest BCUT2D eigenvalue weighted by atomic mass is 16.5. The first-order valence-electron chi connectivity index (χ1n) is 6.02. The molecule has 1 aromatic heterocycles. The van der Waals surface area contributed by atoms with Crippen LogP contribution in [0, 0.1) is 12.8 Å². The van der Waals surface area contributed by atoms with E-state index in [1.54, 1.807) is 7.11 Å². The van der Waals surface area contributed by atoms with Crippen LogP contribution in [0.3, 0.4) is 0 Å². The van der Waals surface area contributed by atoms with E-state index in [1.165, 1.54) is 0 Å². The molecule has 0 aliphatic heterocycles. The Morgan fingerprint density at radius 2 is 1.82 bits per heavy atom. The highest BCUT2D eigenvalue weighted by Crippen LogP contribution is 2.22. The molecule has 4 nitrogen and oxygen atoms in total. The Morgan fingerprint density at radius 1 is 1.24 bits per heavy atom. The number of ether oxygens (including phenoxy) is 1. The fourth-order valence-corrected chi connectivity index (χ4v) is 2.13. The Kier molecular flexibility index (Phi) is 4.46. The van der Waals surface area contributed by atoms with Gasteiger partial charge in [0, 0.05) is 18.4 Å². The van der Waals surface area contributed by atoms with E-state index in [9.17, 15) is 4.79 Å². The molecule has 0 aliphatic rings. The second kappa shape index (κ2) is 5.45. The summed E-state index contributed by atoms with van der Waals surface area (Å²) in [4.78, 5) is 19.3. The molecule has 1 unspecified atom stereocenters. The fourth-order valence-electron chi connectivity index (χ4n) is 2.13. The Morgan fingerprint density at radius 3 is 2.18 bits per heavy atom. The number of nitrogens with zero attached hydrogens (tertiary/aromatic N) is 1. The average molecular weight is 238 g/mol. The van der Waals surface area contributed by atoms with Crippen molar-refractivity contribution in [3.8, 4) is 0 Å². The number of H-pyrrole nitrogens is 1. The number of nitrogens with one attached hydrogen (secondary N) is 1. The fraction of sp³-hybridized carbons (Fsp3) is 0.692. The summed E-state index contributed by atoms with van der Waals surface area (Å²) in [5.74, 6) is 1.07. The first-order chi connectivity index (χ1) is 7.88. The third kappa shape index (κ3) is 2.94. The van der Waals surface area contributed by atoms with Gasteiger partial charge in [-0.3, -0.25) is 4.79 Å². The summed E-state index contributed by atoms with van der Waals surface area (Å²) < 4.78 is 5.38. The maximum atomic E-state index is 12.0. The molecule has 0 amide bonds. The number of hydrogen-bond donors (Lipinski definition) is 1. The van der Waals surface area contributed by atoms with Crippen LogP contribution in [-0.2, 0) is 4.74 Å². The molecule has 1 heterocycles. The summed E-state index contributed by atoms with van der Waals surface area (Å²) >= 11 is 0. The largest absolute Gasteiger partial charge is 0.373 e. The minimum absolute atomic E-state index is 0.0507. The third-order valence-electron chi connectivity index (χ3n) is 2.87. The number of methoxy groups -OCH3 is 1. The summed E-state index contributed by atoms with van der Waals surface area (Å²) in [6.07, 6.45) is -0.164. The van der Waals surface area contributed by atoms with Crippen molar-refractivity contribution in [2.75, 3.05) is 7.11 Å². The van der Waals surface area contributed by atoms with Crippen molar-refractivity contribution in [3.63, 3.8) is 0 Å². The normalized spacial score (nSPS) is 13.4. The molecule has 0 saturated heterocycles. The van der Waals surface area contributed by atoms with E-state index in [1.807, 2.05) is 34.6 Å². The predicted octanol–water partition coefficient (Wildman–Crippen LogP) is 2.55. The van der Waals surface area contributed by atoms with Gasteiger partial charge in [0.15, 0.2) is 0 Å². The van der Waals surface area contributed by atoms with Crippen LogP contribution >= 0.6 is 0 Å². The van der Waals surface area contributed by atoms with Gasteiger partial charge in [-0.1, -0.05) is 27.7 Å². The van der Waals surface area contributed by atoms with Gasteiger partial charge < -0.3 is 9.72 Å². The maximum absolute atomic E-state index is 12.0. The lowest BCUT2D eigenvalue weighted by molar-refractivity contribution is 0.0570. The highest BCUT2D eigenvalue weighted by Gasteiger charge is 2.20. The molecule has 0 bridgehead atoms. The maximum Gasteiger partial charge on any atom is 0.254 e. The molecule has 0 aromatic carbocycles. The second-order valence-electron chi connectivity index (χ2n) is 5.01. The van der Waals surface area contributed by atoms with Gasteiger partial charge in [-0.15, -0.1) is 0 Å². The molecule has 0 aliphatic carbocycles. The lowest BCUT2D eigenvalue weighted by Gasteiger charge is -2.19. The first-order valence-corrected chi connectivity index (χ1v) is 6.02. The van der Waals surface area contributed by atoms with Crippen molar-refractivity contribution in [2.24, 2.45) is 5.92 Å². The van der Waals surface area contributed by atoms with Gasteiger partial charge in [0.25, 0.3) is 5.56 Å². The van der Waals surface area contributed by atoms with E-state index in [-0.39, 0.29) is 23.5 Å². The Labute approximate surface area is 102 Å². The van der Waals surface area contributed by atoms with Crippen LogP contribution in [0.2, 0.25) is 0 Å². The zero-order chi connectivity index (χ0) is 13.2. The molecular formula is C13H22N2O2. The van der Waals surface area contributed by atoms with Crippen molar-refractivity contribution in [1.29, 1.82) is 0 Å². The summed E-state index contributed by atoms with van der Waals surface area (Å²) in [5.41, 5.74) is 1.50. The molecule has 17 heavy (non-hydrogen) atoms. The van der Waals surface area contributed by atoms with Crippen molar-refractivity contribution in [1.82, 2.24) is 9.97 Å². The van der Waals surface area contributed by atoms with E-state index in [2.05, 4.69) is 9.97 Å². The smallest absolute Gasteiger partial charge is 0.254 e. The van der Waals surface area contributed by atoms with Gasteiger partial charge in [-0.25, -0.2) is 4.98 Å². The van der Waals surface area contributed by atoms with Crippen molar-refractivity contribution in [2.45, 2.75) is 46.6 Å². The number of hydrogen-bond acceptors (Lipinski definition) is 3. The molecule has 0 fully saturated rings. The summed E-state index contributed by atoms with van der Waals surface area (Å²) in [5, 5.41) is 0. The third-order valence-corrected chi connectivity index (χ3v) is 2.87. The van der Waals surface area contributed by atoms with Crippen LogP contribution in [0.4, 0.5) is 0 Å². The predicted molar refractivity (Wildman–Crippen MR) is 68.3 cm³/mol. The van der Waals surface area contributed by atoms with Gasteiger partial charge in [-0.2, -0.15) is 0 Å². The monoisotopic (exact) mass is 238 g/mol. The van der Waals surface area contributed by atoms with Crippen LogP contribution in [0.5, 0.6) is 0 Å². The summed E-state index contributed by atoms with van der Waals surface area (Å²) in [6.45, 7) is 9.95. The van der Waals surface area contributed by atoms with Crippen LogP contribution in [-0.4, -0.2) is 17.1 Å². The van der Waals surface area contributed by atoms with E-state index < -0.39 is 0 Å². The summed E-state index contributed by atoms with van der Waals surface area (Å²) in [6, 6.07) is 0. The van der Waals surface area contributed by atoms with Gasteiger partial charge in [-0.05, 0) is 18.8 Å². The lowest BCUT2D eigenvalue weighted by atomic mass is 10.0. The van der Waals surface area contributed by atoms with E-state index in [0.717, 1.165) is 11.3 Å². The Hall–Kier alpha value is -1.16. The molecule has 1 atom stereocenters. The molecule has 0 spiro atoms. The van der Waals surface area contributed by atoms with Crippen LogP contribution in [0.1, 0.15) is 56.8 Å². The van der Waals surface area contributed by atoms with Gasteiger partial charge >= 0.3 is 0 Å². The average Bonchev–Trinajstić information content (AvgIpc) is 2.15. The number of aromatic amines is 1. The zero-order valence-corrected chi connectivity index (χ0v) is 11.5. The van der Waals surface area contributed by atoms with Crippen molar-refractivity contribution in [3.05, 3.63) is 27.4 Å². The highest BCUT2D eigenvalue weighted by molar-refractivity contribution is 5.20. The Balaban J connectivity index is 3.27. The van der Waals surface area contributed by atoms with Crippen LogP contribution < -0.4 is 5.56 Å². The van der Waals surface area contributed by atoms with E-state index in [4.69, 9.17) is 4.74 Å². The quantitative estimate of drug-likeness (QED) is 0.877. The molecule has 0 saturated carbocycles. The van der Waals surface area contributed by atoms with E-state index in [0.29, 0.717) is 5.82 Å². The topological polar surface area (TPSA) is 55.0 Å². The lowest BCUT2D eigenvalue weighted by Crippen LogP contribution is -2.23. The van der Waals surface area contributed by atoms with Crippen molar-refractivity contribution >= 4 is 0 Å². The molecule has 4 heteroatoms.